The fraction of sp³-hybridized carbons (Fsp3) is 0.583. The van der Waals surface area contributed by atoms with E-state index in [0.29, 0.717) is 10.8 Å². The smallest absolute Gasteiger partial charge is 0.266 e. The second-order valence-corrected chi connectivity index (χ2v) is 11.7. The van der Waals surface area contributed by atoms with Crippen molar-refractivity contribution in [1.29, 1.82) is 0 Å². The van der Waals surface area contributed by atoms with Crippen molar-refractivity contribution in [2.75, 3.05) is 18.4 Å². The first-order valence-electron chi connectivity index (χ1n) is 11.1. The number of thiophene rings is 2. The number of rotatable bonds is 3. The Balaban J connectivity index is 1.68. The Labute approximate surface area is 187 Å². The average molecular weight is 445 g/mol. The topological polar surface area (TPSA) is 49.4 Å². The highest BCUT2D eigenvalue weighted by molar-refractivity contribution is 7.17. The van der Waals surface area contributed by atoms with Crippen LogP contribution in [0.1, 0.15) is 83.3 Å². The van der Waals surface area contributed by atoms with Crippen LogP contribution in [0.25, 0.3) is 0 Å². The van der Waals surface area contributed by atoms with E-state index in [-0.39, 0.29) is 17.2 Å². The first-order valence-corrected chi connectivity index (χ1v) is 12.8. The van der Waals surface area contributed by atoms with Crippen LogP contribution in [-0.4, -0.2) is 29.8 Å². The number of nitrogens with one attached hydrogen (secondary N) is 1. The van der Waals surface area contributed by atoms with E-state index in [9.17, 15) is 9.59 Å². The molecule has 0 bridgehead atoms. The van der Waals surface area contributed by atoms with Gasteiger partial charge < -0.3 is 10.2 Å². The molecule has 1 atom stereocenters. The Morgan fingerprint density at radius 1 is 1.13 bits per heavy atom. The van der Waals surface area contributed by atoms with Gasteiger partial charge in [0.05, 0.1) is 10.4 Å². The number of amides is 2. The van der Waals surface area contributed by atoms with Gasteiger partial charge in [0.25, 0.3) is 11.8 Å². The van der Waals surface area contributed by atoms with Crippen LogP contribution in [0.3, 0.4) is 0 Å². The molecule has 2 aromatic heterocycles. The quantitative estimate of drug-likeness (QED) is 0.610. The van der Waals surface area contributed by atoms with Crippen molar-refractivity contribution in [3.05, 3.63) is 38.4 Å². The van der Waals surface area contributed by atoms with Crippen LogP contribution in [0.5, 0.6) is 0 Å². The molecule has 4 nitrogen and oxygen atoms in total. The summed E-state index contributed by atoms with van der Waals surface area (Å²) >= 11 is 3.06. The van der Waals surface area contributed by atoms with E-state index in [1.165, 1.54) is 34.6 Å². The maximum absolute atomic E-state index is 13.6. The second-order valence-electron chi connectivity index (χ2n) is 9.65. The maximum Gasteiger partial charge on any atom is 0.266 e. The normalized spacial score (nSPS) is 19.8. The summed E-state index contributed by atoms with van der Waals surface area (Å²) in [4.78, 5) is 30.4. The Kier molecular flexibility index (Phi) is 6.35. The number of anilines is 1. The van der Waals surface area contributed by atoms with Gasteiger partial charge in [0, 0.05) is 18.0 Å². The number of nitrogens with zero attached hydrogens (tertiary/aromatic N) is 1. The lowest BCUT2D eigenvalue weighted by molar-refractivity contribution is 0.0761. The number of carbonyl (C=O) groups excluding carboxylic acids is 2. The predicted molar refractivity (Wildman–Crippen MR) is 126 cm³/mol. The summed E-state index contributed by atoms with van der Waals surface area (Å²) in [5.74, 6) is 0.608. The second kappa shape index (κ2) is 8.83. The summed E-state index contributed by atoms with van der Waals surface area (Å²) in [6.07, 6.45) is 7.56. The Hall–Kier alpha value is -1.66. The van der Waals surface area contributed by atoms with Crippen LogP contribution in [-0.2, 0) is 12.8 Å². The molecule has 1 fully saturated rings. The highest BCUT2D eigenvalue weighted by Crippen LogP contribution is 2.45. The van der Waals surface area contributed by atoms with Crippen LogP contribution >= 0.6 is 22.7 Å². The van der Waals surface area contributed by atoms with Crippen molar-refractivity contribution in [2.24, 2.45) is 11.3 Å². The van der Waals surface area contributed by atoms with E-state index < -0.39 is 0 Å². The third-order valence-corrected chi connectivity index (χ3v) is 8.61. The molecular weight excluding hydrogens is 412 g/mol. The zero-order chi connectivity index (χ0) is 21.3. The van der Waals surface area contributed by atoms with Crippen molar-refractivity contribution < 1.29 is 9.59 Å². The summed E-state index contributed by atoms with van der Waals surface area (Å²) in [5, 5.41) is 5.76. The van der Waals surface area contributed by atoms with Crippen LogP contribution in [0.15, 0.2) is 17.5 Å². The van der Waals surface area contributed by atoms with Gasteiger partial charge in [-0.25, -0.2) is 0 Å². The van der Waals surface area contributed by atoms with Crippen molar-refractivity contribution in [3.8, 4) is 0 Å². The molecule has 3 heterocycles. The lowest BCUT2D eigenvalue weighted by atomic mass is 9.72. The SMILES string of the molecule is CC(C)(C)[C@H]1CCc2c(sc(NC(=O)c3cccs3)c2C(=O)N2CCCCCC2)C1. The highest BCUT2D eigenvalue weighted by atomic mass is 32.1. The zero-order valence-corrected chi connectivity index (χ0v) is 19.9. The van der Waals surface area contributed by atoms with Gasteiger partial charge in [-0.05, 0) is 60.4 Å². The van der Waals surface area contributed by atoms with Gasteiger partial charge in [-0.15, -0.1) is 22.7 Å². The third-order valence-electron chi connectivity index (χ3n) is 6.57. The highest BCUT2D eigenvalue weighted by Gasteiger charge is 2.35. The molecule has 2 aromatic rings. The Morgan fingerprint density at radius 2 is 1.87 bits per heavy atom. The van der Waals surface area contributed by atoms with Crippen molar-refractivity contribution in [3.63, 3.8) is 0 Å². The summed E-state index contributed by atoms with van der Waals surface area (Å²) < 4.78 is 0. The van der Waals surface area contributed by atoms with Crippen LogP contribution in [0.2, 0.25) is 0 Å². The summed E-state index contributed by atoms with van der Waals surface area (Å²) in [5.41, 5.74) is 2.21. The molecule has 30 heavy (non-hydrogen) atoms. The number of fused-ring (bicyclic) bond motifs is 1. The molecule has 0 aromatic carbocycles. The molecule has 0 saturated carbocycles. The summed E-state index contributed by atoms with van der Waals surface area (Å²) in [7, 11) is 0. The van der Waals surface area contributed by atoms with Gasteiger partial charge in [-0.2, -0.15) is 0 Å². The molecule has 162 valence electrons. The Morgan fingerprint density at radius 3 is 2.50 bits per heavy atom. The number of hydrogen-bond donors (Lipinski definition) is 1. The van der Waals surface area contributed by atoms with E-state index in [0.717, 1.165) is 55.8 Å². The molecular formula is C24H32N2O2S2. The molecule has 6 heteroatoms. The molecule has 1 aliphatic heterocycles. The molecule has 2 amide bonds. The van der Waals surface area contributed by atoms with Crippen LogP contribution in [0.4, 0.5) is 5.00 Å². The predicted octanol–water partition coefficient (Wildman–Crippen LogP) is 6.23. The molecule has 4 rings (SSSR count). The molecule has 0 radical (unpaired) electrons. The molecule has 1 N–H and O–H groups in total. The van der Waals surface area contributed by atoms with Gasteiger partial charge in [0.2, 0.25) is 0 Å². The van der Waals surface area contributed by atoms with E-state index in [2.05, 4.69) is 26.1 Å². The molecule has 0 unspecified atom stereocenters. The van der Waals surface area contributed by atoms with Gasteiger partial charge in [-0.1, -0.05) is 39.7 Å². The van der Waals surface area contributed by atoms with Gasteiger partial charge in [-0.3, -0.25) is 9.59 Å². The Bertz CT molecular complexity index is 901. The minimum absolute atomic E-state index is 0.110. The summed E-state index contributed by atoms with van der Waals surface area (Å²) in [6, 6.07) is 3.72. The minimum Gasteiger partial charge on any atom is -0.339 e. The molecule has 2 aliphatic rings. The number of carbonyl (C=O) groups is 2. The van der Waals surface area contributed by atoms with Gasteiger partial charge in [0.1, 0.15) is 5.00 Å². The van der Waals surface area contributed by atoms with E-state index in [4.69, 9.17) is 0 Å². The van der Waals surface area contributed by atoms with Crippen LogP contribution in [0, 0.1) is 11.3 Å². The molecule has 1 saturated heterocycles. The lowest BCUT2D eigenvalue weighted by Crippen LogP contribution is -2.33. The monoisotopic (exact) mass is 444 g/mol. The first kappa shape index (κ1) is 21.6. The van der Waals surface area contributed by atoms with E-state index in [1.54, 1.807) is 11.3 Å². The van der Waals surface area contributed by atoms with Gasteiger partial charge >= 0.3 is 0 Å². The van der Waals surface area contributed by atoms with E-state index in [1.807, 2.05) is 22.4 Å². The largest absolute Gasteiger partial charge is 0.339 e. The van der Waals surface area contributed by atoms with Crippen LogP contribution < -0.4 is 5.32 Å². The third kappa shape index (κ3) is 4.50. The van der Waals surface area contributed by atoms with Crippen molar-refractivity contribution in [1.82, 2.24) is 4.90 Å². The minimum atomic E-state index is -0.110. The van der Waals surface area contributed by atoms with Crippen molar-refractivity contribution >= 4 is 39.5 Å². The molecule has 1 aliphatic carbocycles. The molecule has 0 spiro atoms. The first-order chi connectivity index (χ1) is 14.3. The fourth-order valence-electron chi connectivity index (χ4n) is 4.64. The zero-order valence-electron chi connectivity index (χ0n) is 18.3. The maximum atomic E-state index is 13.6. The lowest BCUT2D eigenvalue weighted by Gasteiger charge is -2.34. The average Bonchev–Trinajstić information content (AvgIpc) is 3.27. The standard InChI is InChI=1S/C24H32N2O2S2/c1-24(2,3)16-10-11-17-19(15-16)30-22(25-21(27)18-9-8-14-29-18)20(17)23(28)26-12-6-4-5-7-13-26/h8-9,14,16H,4-7,10-13,15H2,1-3H3,(H,25,27)/t16-/m0/s1. The number of likely N-dealkylation sites (tertiary alicyclic amines) is 1. The van der Waals surface area contributed by atoms with Gasteiger partial charge in [0.15, 0.2) is 0 Å². The summed E-state index contributed by atoms with van der Waals surface area (Å²) in [6.45, 7) is 8.57. The van der Waals surface area contributed by atoms with Crippen molar-refractivity contribution in [2.45, 2.75) is 65.7 Å². The fourth-order valence-corrected chi connectivity index (χ4v) is 6.58. The number of hydrogen-bond acceptors (Lipinski definition) is 4. The van der Waals surface area contributed by atoms with E-state index >= 15 is 0 Å².